The summed E-state index contributed by atoms with van der Waals surface area (Å²) in [5, 5.41) is 5.81. The Morgan fingerprint density at radius 1 is 0.970 bits per heavy atom. The van der Waals surface area contributed by atoms with Crippen LogP contribution in [-0.2, 0) is 4.79 Å². The molecule has 6 nitrogen and oxygen atoms in total. The number of ether oxygens (including phenoxy) is 1. The van der Waals surface area contributed by atoms with Crippen LogP contribution in [0.1, 0.15) is 22.8 Å². The van der Waals surface area contributed by atoms with Crippen LogP contribution in [0, 0.1) is 6.92 Å². The van der Waals surface area contributed by atoms with Crippen LogP contribution in [0.15, 0.2) is 71.1 Å². The minimum absolute atomic E-state index is 0.102. The summed E-state index contributed by atoms with van der Waals surface area (Å²) in [4.78, 5) is 29.4. The van der Waals surface area contributed by atoms with E-state index in [2.05, 4.69) is 15.6 Å². The number of aryl methyl sites for hydroxylation is 1. The number of thiazole rings is 1. The van der Waals surface area contributed by atoms with Crippen molar-refractivity contribution < 1.29 is 14.3 Å². The van der Waals surface area contributed by atoms with Crippen LogP contribution < -0.4 is 15.4 Å². The lowest BCUT2D eigenvalue weighted by Crippen LogP contribution is -2.13. The highest BCUT2D eigenvalue weighted by molar-refractivity contribution is 8.01. The van der Waals surface area contributed by atoms with Crippen molar-refractivity contribution in [2.75, 3.05) is 23.0 Å². The summed E-state index contributed by atoms with van der Waals surface area (Å²) in [7, 11) is 0. The average molecular weight is 478 g/mol. The maximum atomic E-state index is 12.5. The molecule has 1 heterocycles. The molecule has 0 atom stereocenters. The van der Waals surface area contributed by atoms with E-state index >= 15 is 0 Å². The monoisotopic (exact) mass is 477 g/mol. The summed E-state index contributed by atoms with van der Waals surface area (Å²) >= 11 is 2.88. The Labute approximate surface area is 200 Å². The number of rotatable bonds is 8. The number of carbonyl (C=O) groups excluding carboxylic acids is 2. The molecule has 0 bridgehead atoms. The molecule has 0 radical (unpaired) electrons. The molecule has 0 aliphatic carbocycles. The number of hydrogen-bond acceptors (Lipinski definition) is 6. The number of anilines is 2. The summed E-state index contributed by atoms with van der Waals surface area (Å²) < 4.78 is 7.16. The van der Waals surface area contributed by atoms with Crippen molar-refractivity contribution >= 4 is 56.5 Å². The third-order valence-corrected chi connectivity index (χ3v) is 6.88. The molecule has 0 aliphatic heterocycles. The lowest BCUT2D eigenvalue weighted by Gasteiger charge is -2.06. The first-order valence-corrected chi connectivity index (χ1v) is 12.2. The number of thioether (sulfide) groups is 1. The van der Waals surface area contributed by atoms with Gasteiger partial charge in [-0.3, -0.25) is 9.59 Å². The van der Waals surface area contributed by atoms with E-state index in [9.17, 15) is 9.59 Å². The normalized spacial score (nSPS) is 10.7. The van der Waals surface area contributed by atoms with Crippen LogP contribution >= 0.6 is 23.1 Å². The molecule has 0 fully saturated rings. The molecule has 3 aromatic carbocycles. The van der Waals surface area contributed by atoms with Crippen LogP contribution in [0.3, 0.4) is 0 Å². The zero-order valence-electron chi connectivity index (χ0n) is 18.3. The summed E-state index contributed by atoms with van der Waals surface area (Å²) in [6.45, 7) is 4.51. The average Bonchev–Trinajstić information content (AvgIpc) is 3.22. The highest BCUT2D eigenvalue weighted by Gasteiger charge is 2.11. The Hall–Kier alpha value is -3.36. The Balaban J connectivity index is 1.34. The van der Waals surface area contributed by atoms with Crippen LogP contribution in [-0.4, -0.2) is 29.2 Å². The molecule has 0 spiro atoms. The largest absolute Gasteiger partial charge is 0.494 e. The van der Waals surface area contributed by atoms with E-state index in [-0.39, 0.29) is 17.6 Å². The first-order chi connectivity index (χ1) is 16.0. The zero-order chi connectivity index (χ0) is 23.2. The van der Waals surface area contributed by atoms with E-state index in [1.54, 1.807) is 0 Å². The van der Waals surface area contributed by atoms with Gasteiger partial charge in [-0.25, -0.2) is 4.98 Å². The fourth-order valence-electron chi connectivity index (χ4n) is 3.08. The summed E-state index contributed by atoms with van der Waals surface area (Å²) in [5.74, 6) is 0.770. The van der Waals surface area contributed by atoms with Gasteiger partial charge in [0.05, 0.1) is 22.6 Å². The molecule has 8 heteroatoms. The second-order valence-electron chi connectivity index (χ2n) is 7.28. The molecule has 0 unspecified atom stereocenters. The Kier molecular flexibility index (Phi) is 7.26. The van der Waals surface area contributed by atoms with Crippen molar-refractivity contribution in [2.45, 2.75) is 18.2 Å². The van der Waals surface area contributed by atoms with Gasteiger partial charge >= 0.3 is 0 Å². The van der Waals surface area contributed by atoms with Crippen molar-refractivity contribution in [3.8, 4) is 5.75 Å². The van der Waals surface area contributed by atoms with Gasteiger partial charge in [-0.1, -0.05) is 29.5 Å². The lowest BCUT2D eigenvalue weighted by atomic mass is 10.1. The van der Waals surface area contributed by atoms with Crippen LogP contribution in [0.2, 0.25) is 0 Å². The number of carbonyl (C=O) groups is 2. The number of nitrogens with zero attached hydrogens (tertiary/aromatic N) is 1. The van der Waals surface area contributed by atoms with Gasteiger partial charge in [0.2, 0.25) is 5.91 Å². The molecule has 2 amide bonds. The van der Waals surface area contributed by atoms with Gasteiger partial charge < -0.3 is 15.4 Å². The predicted molar refractivity (Wildman–Crippen MR) is 136 cm³/mol. The number of fused-ring (bicyclic) bond motifs is 1. The molecule has 0 aliphatic rings. The summed E-state index contributed by atoms with van der Waals surface area (Å²) in [6, 6.07) is 20.4. The van der Waals surface area contributed by atoms with Gasteiger partial charge in [-0.05, 0) is 68.4 Å². The summed E-state index contributed by atoms with van der Waals surface area (Å²) in [6.07, 6.45) is 0. The number of hydrogen-bond donors (Lipinski definition) is 2. The van der Waals surface area contributed by atoms with E-state index in [0.29, 0.717) is 17.9 Å². The van der Waals surface area contributed by atoms with E-state index in [1.165, 1.54) is 23.1 Å². The highest BCUT2D eigenvalue weighted by atomic mass is 32.2. The Morgan fingerprint density at radius 3 is 2.42 bits per heavy atom. The quantitative estimate of drug-likeness (QED) is 0.305. The Morgan fingerprint density at radius 2 is 1.70 bits per heavy atom. The zero-order valence-corrected chi connectivity index (χ0v) is 19.9. The van der Waals surface area contributed by atoms with Crippen LogP contribution in [0.5, 0.6) is 5.75 Å². The molecule has 0 saturated carbocycles. The van der Waals surface area contributed by atoms with Crippen LogP contribution in [0.4, 0.5) is 11.4 Å². The Bertz CT molecular complexity index is 1270. The van der Waals surface area contributed by atoms with E-state index in [0.717, 1.165) is 31.6 Å². The van der Waals surface area contributed by atoms with Gasteiger partial charge in [-0.15, -0.1) is 11.3 Å². The molecule has 1 aromatic heterocycles. The first-order valence-electron chi connectivity index (χ1n) is 10.4. The predicted octanol–water partition coefficient (Wildman–Crippen LogP) is 5.99. The van der Waals surface area contributed by atoms with Gasteiger partial charge in [0, 0.05) is 16.9 Å². The van der Waals surface area contributed by atoms with E-state index in [4.69, 9.17) is 4.74 Å². The van der Waals surface area contributed by atoms with Gasteiger partial charge in [0.25, 0.3) is 5.91 Å². The van der Waals surface area contributed by atoms with Crippen LogP contribution in [0.25, 0.3) is 10.2 Å². The third kappa shape index (κ3) is 6.12. The van der Waals surface area contributed by atoms with Crippen molar-refractivity contribution in [3.05, 3.63) is 77.9 Å². The van der Waals surface area contributed by atoms with E-state index < -0.39 is 0 Å². The van der Waals surface area contributed by atoms with E-state index in [1.807, 2.05) is 80.6 Å². The molecular weight excluding hydrogens is 454 g/mol. The first kappa shape index (κ1) is 22.8. The minimum atomic E-state index is -0.153. The van der Waals surface area contributed by atoms with Gasteiger partial charge in [-0.2, -0.15) is 0 Å². The molecule has 33 heavy (non-hydrogen) atoms. The maximum Gasteiger partial charge on any atom is 0.255 e. The molecule has 4 rings (SSSR count). The second-order valence-corrected chi connectivity index (χ2v) is 9.53. The molecule has 2 N–H and O–H groups in total. The number of benzene rings is 3. The maximum absolute atomic E-state index is 12.5. The third-order valence-electron chi connectivity index (χ3n) is 4.72. The fraction of sp³-hybridized carbons (Fsp3) is 0.160. The number of nitrogens with one attached hydrogen (secondary N) is 2. The van der Waals surface area contributed by atoms with Gasteiger partial charge in [0.15, 0.2) is 4.34 Å². The fourth-order valence-corrected chi connectivity index (χ4v) is 4.98. The van der Waals surface area contributed by atoms with Gasteiger partial charge in [0.1, 0.15) is 5.75 Å². The minimum Gasteiger partial charge on any atom is -0.494 e. The number of amides is 2. The molecular formula is C25H23N3O3S2. The van der Waals surface area contributed by atoms with Crippen molar-refractivity contribution in [1.82, 2.24) is 4.98 Å². The lowest BCUT2D eigenvalue weighted by molar-refractivity contribution is -0.113. The standard InChI is InChI=1S/C25H23N3O3S2/c1-3-31-20-11-8-18(9-12-20)26-23(29)15-32-25-28-21-13-10-19(14-22(21)33-25)27-24(30)17-6-4-16(2)5-7-17/h4-14H,3,15H2,1-2H3,(H,26,29)(H,27,30). The molecule has 168 valence electrons. The molecule has 4 aromatic rings. The summed E-state index contributed by atoms with van der Waals surface area (Å²) in [5.41, 5.74) is 3.99. The highest BCUT2D eigenvalue weighted by Crippen LogP contribution is 2.31. The smallest absolute Gasteiger partial charge is 0.255 e. The SMILES string of the molecule is CCOc1ccc(NC(=O)CSc2nc3ccc(NC(=O)c4ccc(C)cc4)cc3s2)cc1. The van der Waals surface area contributed by atoms with Crippen molar-refractivity contribution in [3.63, 3.8) is 0 Å². The van der Waals surface area contributed by atoms with Crippen molar-refractivity contribution in [2.24, 2.45) is 0 Å². The second kappa shape index (κ2) is 10.5. The molecule has 0 saturated heterocycles. The number of aromatic nitrogens is 1. The topological polar surface area (TPSA) is 80.3 Å². The van der Waals surface area contributed by atoms with Crippen molar-refractivity contribution in [1.29, 1.82) is 0 Å².